The number of carbonyl (C=O) groups is 2. The maximum absolute atomic E-state index is 12.2. The molecule has 3 aromatic rings. The van der Waals surface area contributed by atoms with Crippen molar-refractivity contribution in [2.24, 2.45) is 0 Å². The molecule has 1 aromatic heterocycles. The van der Waals surface area contributed by atoms with Gasteiger partial charge < -0.3 is 14.5 Å². The van der Waals surface area contributed by atoms with Crippen LogP contribution in [0.5, 0.6) is 0 Å². The fourth-order valence-electron chi connectivity index (χ4n) is 2.62. The predicted octanol–water partition coefficient (Wildman–Crippen LogP) is 5.13. The molecule has 0 aliphatic carbocycles. The summed E-state index contributed by atoms with van der Waals surface area (Å²) in [7, 11) is 0. The molecule has 29 heavy (non-hydrogen) atoms. The summed E-state index contributed by atoms with van der Waals surface area (Å²) in [6.07, 6.45) is 2.94. The van der Waals surface area contributed by atoms with Crippen molar-refractivity contribution in [3.63, 3.8) is 0 Å². The second kappa shape index (κ2) is 9.89. The number of nitrogens with one attached hydrogen (secondary N) is 1. The molecule has 0 saturated heterocycles. The minimum atomic E-state index is -0.372. The van der Waals surface area contributed by atoms with Gasteiger partial charge in [-0.15, -0.1) is 0 Å². The number of aromatic nitrogens is 1. The first-order valence-electron chi connectivity index (χ1n) is 9.33. The number of hydrogen-bond donors (Lipinski definition) is 1. The van der Waals surface area contributed by atoms with Crippen molar-refractivity contribution < 1.29 is 18.7 Å². The molecule has 0 aliphatic rings. The average Bonchev–Trinajstić information content (AvgIpc) is 3.20. The van der Waals surface area contributed by atoms with Crippen molar-refractivity contribution >= 4 is 29.2 Å². The highest BCUT2D eigenvalue weighted by molar-refractivity contribution is 6.33. The summed E-state index contributed by atoms with van der Waals surface area (Å²) in [4.78, 5) is 28.2. The molecule has 2 aromatic carbocycles. The van der Waals surface area contributed by atoms with Gasteiger partial charge in [-0.25, -0.2) is 9.78 Å². The van der Waals surface area contributed by atoms with Crippen LogP contribution in [-0.4, -0.2) is 23.5 Å². The molecule has 7 heteroatoms. The molecular weight excluding hydrogens is 392 g/mol. The third-order valence-electron chi connectivity index (χ3n) is 4.10. The first-order chi connectivity index (χ1) is 14.1. The van der Waals surface area contributed by atoms with Crippen LogP contribution in [0.15, 0.2) is 59.1 Å². The highest BCUT2D eigenvalue weighted by atomic mass is 35.5. The number of aryl methyl sites for hydroxylation is 1. The predicted molar refractivity (Wildman–Crippen MR) is 111 cm³/mol. The SMILES string of the molecule is CCCOC(=O)c1ccc(NC(=O)CCc2ncc(-c3ccccc3Cl)o2)cc1. The molecule has 1 amide bonds. The van der Waals surface area contributed by atoms with E-state index >= 15 is 0 Å². The number of anilines is 1. The largest absolute Gasteiger partial charge is 0.462 e. The van der Waals surface area contributed by atoms with Crippen molar-refractivity contribution in [3.05, 3.63) is 71.2 Å². The smallest absolute Gasteiger partial charge is 0.338 e. The van der Waals surface area contributed by atoms with E-state index in [0.717, 1.165) is 12.0 Å². The lowest BCUT2D eigenvalue weighted by molar-refractivity contribution is -0.116. The Bertz CT molecular complexity index is 982. The number of hydrogen-bond acceptors (Lipinski definition) is 5. The summed E-state index contributed by atoms with van der Waals surface area (Å²) in [5, 5.41) is 3.37. The zero-order valence-corrected chi connectivity index (χ0v) is 16.7. The first kappa shape index (κ1) is 20.6. The Morgan fingerprint density at radius 1 is 1.14 bits per heavy atom. The van der Waals surface area contributed by atoms with Crippen LogP contribution in [0.1, 0.15) is 36.0 Å². The van der Waals surface area contributed by atoms with Crippen molar-refractivity contribution in [2.75, 3.05) is 11.9 Å². The molecule has 1 N–H and O–H groups in total. The van der Waals surface area contributed by atoms with E-state index in [9.17, 15) is 9.59 Å². The lowest BCUT2D eigenvalue weighted by Crippen LogP contribution is -2.12. The standard InChI is InChI=1S/C22H21ClN2O4/c1-2-13-28-22(27)15-7-9-16(10-8-15)25-20(26)11-12-21-24-14-19(29-21)17-5-3-4-6-18(17)23/h3-10,14H,2,11-13H2,1H3,(H,25,26). The van der Waals surface area contributed by atoms with Gasteiger partial charge in [0.15, 0.2) is 11.7 Å². The quantitative estimate of drug-likeness (QED) is 0.518. The number of rotatable bonds is 8. The van der Waals surface area contributed by atoms with Gasteiger partial charge in [0.05, 0.1) is 23.4 Å². The zero-order valence-electron chi connectivity index (χ0n) is 16.0. The van der Waals surface area contributed by atoms with E-state index in [1.807, 2.05) is 25.1 Å². The van der Waals surface area contributed by atoms with Gasteiger partial charge in [0.1, 0.15) is 0 Å². The van der Waals surface area contributed by atoms with Crippen LogP contribution in [0.4, 0.5) is 5.69 Å². The summed E-state index contributed by atoms with van der Waals surface area (Å²) in [6.45, 7) is 2.32. The van der Waals surface area contributed by atoms with E-state index in [4.69, 9.17) is 20.8 Å². The fraction of sp³-hybridized carbons (Fsp3) is 0.227. The minimum absolute atomic E-state index is 0.177. The van der Waals surface area contributed by atoms with Crippen LogP contribution in [0.2, 0.25) is 5.02 Å². The van der Waals surface area contributed by atoms with E-state index in [0.29, 0.717) is 41.0 Å². The molecular formula is C22H21ClN2O4. The summed E-state index contributed by atoms with van der Waals surface area (Å²) < 4.78 is 10.8. The lowest BCUT2D eigenvalue weighted by Gasteiger charge is -2.06. The number of benzene rings is 2. The highest BCUT2D eigenvalue weighted by Gasteiger charge is 2.12. The van der Waals surface area contributed by atoms with Gasteiger partial charge in [-0.3, -0.25) is 4.79 Å². The van der Waals surface area contributed by atoms with E-state index in [-0.39, 0.29) is 18.3 Å². The Hall–Kier alpha value is -3.12. The fourth-order valence-corrected chi connectivity index (χ4v) is 2.85. The number of carbonyl (C=O) groups excluding carboxylic acids is 2. The Balaban J connectivity index is 1.51. The summed E-state index contributed by atoms with van der Waals surface area (Å²) in [5.74, 6) is 0.479. The van der Waals surface area contributed by atoms with E-state index < -0.39 is 0 Å². The maximum atomic E-state index is 12.2. The zero-order chi connectivity index (χ0) is 20.6. The van der Waals surface area contributed by atoms with Crippen molar-refractivity contribution in [2.45, 2.75) is 26.2 Å². The van der Waals surface area contributed by atoms with Crippen molar-refractivity contribution in [1.82, 2.24) is 4.98 Å². The van der Waals surface area contributed by atoms with Gasteiger partial charge in [-0.2, -0.15) is 0 Å². The Morgan fingerprint density at radius 2 is 1.90 bits per heavy atom. The van der Waals surface area contributed by atoms with Gasteiger partial charge >= 0.3 is 5.97 Å². The number of halogens is 1. The minimum Gasteiger partial charge on any atom is -0.462 e. The topological polar surface area (TPSA) is 81.4 Å². The van der Waals surface area contributed by atoms with Crippen LogP contribution >= 0.6 is 11.6 Å². The van der Waals surface area contributed by atoms with Gasteiger partial charge in [-0.05, 0) is 42.8 Å². The maximum Gasteiger partial charge on any atom is 0.338 e. The van der Waals surface area contributed by atoms with E-state index in [2.05, 4.69) is 10.3 Å². The van der Waals surface area contributed by atoms with Crippen LogP contribution in [0, 0.1) is 0 Å². The molecule has 0 bridgehead atoms. The third-order valence-corrected chi connectivity index (χ3v) is 4.43. The van der Waals surface area contributed by atoms with Gasteiger partial charge in [0.2, 0.25) is 5.91 Å². The number of oxazole rings is 1. The normalized spacial score (nSPS) is 10.6. The Kier molecular flexibility index (Phi) is 7.03. The number of nitrogens with zero attached hydrogens (tertiary/aromatic N) is 1. The molecule has 1 heterocycles. The molecule has 0 atom stereocenters. The third kappa shape index (κ3) is 5.68. The van der Waals surface area contributed by atoms with Gasteiger partial charge in [0, 0.05) is 24.1 Å². The first-order valence-corrected chi connectivity index (χ1v) is 9.71. The van der Waals surface area contributed by atoms with Crippen molar-refractivity contribution in [3.8, 4) is 11.3 Å². The molecule has 3 rings (SSSR count). The number of amides is 1. The second-order valence-electron chi connectivity index (χ2n) is 6.36. The molecule has 0 aliphatic heterocycles. The summed E-state index contributed by atoms with van der Waals surface area (Å²) >= 11 is 6.16. The summed E-state index contributed by atoms with van der Waals surface area (Å²) in [6, 6.07) is 13.9. The Labute approximate surface area is 173 Å². The average molecular weight is 413 g/mol. The molecule has 6 nitrogen and oxygen atoms in total. The molecule has 0 radical (unpaired) electrons. The van der Waals surface area contributed by atoms with E-state index in [1.54, 1.807) is 36.5 Å². The second-order valence-corrected chi connectivity index (χ2v) is 6.77. The van der Waals surface area contributed by atoms with Crippen LogP contribution < -0.4 is 5.32 Å². The van der Waals surface area contributed by atoms with Crippen molar-refractivity contribution in [1.29, 1.82) is 0 Å². The summed E-state index contributed by atoms with van der Waals surface area (Å²) in [5.41, 5.74) is 1.81. The van der Waals surface area contributed by atoms with Crippen LogP contribution in [0.3, 0.4) is 0 Å². The van der Waals surface area contributed by atoms with Crippen LogP contribution in [0.25, 0.3) is 11.3 Å². The highest BCUT2D eigenvalue weighted by Crippen LogP contribution is 2.28. The van der Waals surface area contributed by atoms with Crippen LogP contribution in [-0.2, 0) is 16.0 Å². The molecule has 0 saturated carbocycles. The molecule has 0 fully saturated rings. The Morgan fingerprint density at radius 3 is 2.62 bits per heavy atom. The van der Waals surface area contributed by atoms with Gasteiger partial charge in [0.25, 0.3) is 0 Å². The molecule has 150 valence electrons. The number of esters is 1. The van der Waals surface area contributed by atoms with Gasteiger partial charge in [-0.1, -0.05) is 30.7 Å². The van der Waals surface area contributed by atoms with E-state index in [1.165, 1.54) is 0 Å². The molecule has 0 unspecified atom stereocenters. The monoisotopic (exact) mass is 412 g/mol. The lowest BCUT2D eigenvalue weighted by atomic mass is 10.2. The number of ether oxygens (including phenoxy) is 1. The molecule has 0 spiro atoms.